The number of unbranched alkanes of at least 4 members (excludes halogenated alkanes) is 5. The first kappa shape index (κ1) is 21.2. The number of fused-ring (bicyclic) bond motifs is 1. The minimum absolute atomic E-state index is 0.0460. The molecule has 0 fully saturated rings. The number of rotatable bonds is 10. The van der Waals surface area contributed by atoms with Crippen molar-refractivity contribution in [1.82, 2.24) is 15.1 Å². The molecule has 31 heavy (non-hydrogen) atoms. The molecule has 4 rings (SSSR count). The third-order valence-corrected chi connectivity index (χ3v) is 6.10. The fourth-order valence-electron chi connectivity index (χ4n) is 4.44. The van der Waals surface area contributed by atoms with Gasteiger partial charge >= 0.3 is 0 Å². The molecule has 5 heteroatoms. The summed E-state index contributed by atoms with van der Waals surface area (Å²) < 4.78 is 5.29. The molecular formula is C26H31N3O2. The number of hydrogen-bond donors (Lipinski definition) is 1. The molecule has 2 aromatic carbocycles. The number of nitrogens with one attached hydrogen (secondary N) is 1. The Labute approximate surface area is 184 Å². The van der Waals surface area contributed by atoms with Gasteiger partial charge in [0.15, 0.2) is 0 Å². The normalized spacial score (nSPS) is 15.4. The zero-order chi connectivity index (χ0) is 21.6. The maximum Gasteiger partial charge on any atom is 0.273 e. The molecule has 1 aromatic heterocycles. The second kappa shape index (κ2) is 9.82. The first-order valence-corrected chi connectivity index (χ1v) is 11.3. The van der Waals surface area contributed by atoms with Crippen molar-refractivity contribution >= 4 is 5.91 Å². The van der Waals surface area contributed by atoms with Crippen molar-refractivity contribution in [2.75, 3.05) is 13.7 Å². The minimum Gasteiger partial charge on any atom is -0.497 e. The van der Waals surface area contributed by atoms with Gasteiger partial charge in [0.2, 0.25) is 0 Å². The van der Waals surface area contributed by atoms with Crippen molar-refractivity contribution < 1.29 is 9.53 Å². The standard InChI is InChI=1S/C26H31N3O2/c1-3-4-5-6-7-11-18-29-25(20-12-9-8-10-13-20)22-23(27-28-24(22)26(29)30)19-14-16-21(31-2)17-15-19/h8-10,12-17,25H,3-7,11,18H2,1-2H3,(H,27,28)/t25-/m1/s1. The van der Waals surface area contributed by atoms with E-state index in [-0.39, 0.29) is 11.9 Å². The van der Waals surface area contributed by atoms with Crippen LogP contribution >= 0.6 is 0 Å². The van der Waals surface area contributed by atoms with Crippen LogP contribution in [0.25, 0.3) is 11.3 Å². The second-order valence-corrected chi connectivity index (χ2v) is 8.17. The SMILES string of the molecule is CCCCCCCCN1C(=O)c2[nH]nc(-c3ccc(OC)cc3)c2[C@H]1c1ccccc1. The lowest BCUT2D eigenvalue weighted by molar-refractivity contribution is 0.0740. The highest BCUT2D eigenvalue weighted by Crippen LogP contribution is 2.43. The molecule has 2 heterocycles. The number of aromatic amines is 1. The summed E-state index contributed by atoms with van der Waals surface area (Å²) in [6.07, 6.45) is 7.22. The predicted molar refractivity (Wildman–Crippen MR) is 123 cm³/mol. The molecule has 0 saturated carbocycles. The Morgan fingerprint density at radius 3 is 2.39 bits per heavy atom. The highest BCUT2D eigenvalue weighted by atomic mass is 16.5. The van der Waals surface area contributed by atoms with Crippen molar-refractivity contribution in [2.24, 2.45) is 0 Å². The number of benzene rings is 2. The number of ether oxygens (including phenoxy) is 1. The zero-order valence-corrected chi connectivity index (χ0v) is 18.4. The van der Waals surface area contributed by atoms with E-state index < -0.39 is 0 Å². The Morgan fingerprint density at radius 1 is 0.968 bits per heavy atom. The van der Waals surface area contributed by atoms with E-state index >= 15 is 0 Å². The highest BCUT2D eigenvalue weighted by Gasteiger charge is 2.41. The summed E-state index contributed by atoms with van der Waals surface area (Å²) in [6.45, 7) is 2.99. The van der Waals surface area contributed by atoms with E-state index in [1.54, 1.807) is 7.11 Å². The topological polar surface area (TPSA) is 58.2 Å². The molecule has 0 spiro atoms. The maximum atomic E-state index is 13.3. The van der Waals surface area contributed by atoms with Gasteiger partial charge < -0.3 is 9.64 Å². The summed E-state index contributed by atoms with van der Waals surface area (Å²) in [5.41, 5.74) is 4.54. The quantitative estimate of drug-likeness (QED) is 0.412. The van der Waals surface area contributed by atoms with Crippen molar-refractivity contribution in [3.63, 3.8) is 0 Å². The number of H-pyrrole nitrogens is 1. The first-order valence-electron chi connectivity index (χ1n) is 11.3. The smallest absolute Gasteiger partial charge is 0.273 e. The van der Waals surface area contributed by atoms with Gasteiger partial charge in [0, 0.05) is 17.7 Å². The van der Waals surface area contributed by atoms with Gasteiger partial charge in [-0.3, -0.25) is 9.89 Å². The Bertz CT molecular complexity index is 995. The Morgan fingerprint density at radius 2 is 1.68 bits per heavy atom. The highest BCUT2D eigenvalue weighted by molar-refractivity contribution is 6.00. The molecule has 1 amide bonds. The number of aromatic nitrogens is 2. The third-order valence-electron chi connectivity index (χ3n) is 6.10. The Balaban J connectivity index is 1.63. The van der Waals surface area contributed by atoms with Gasteiger partial charge in [-0.1, -0.05) is 69.4 Å². The van der Waals surface area contributed by atoms with Crippen LogP contribution in [0.2, 0.25) is 0 Å². The Hall–Kier alpha value is -3.08. The molecule has 3 aromatic rings. The maximum absolute atomic E-state index is 13.3. The molecule has 0 saturated heterocycles. The molecule has 1 N–H and O–H groups in total. The number of amides is 1. The van der Waals surface area contributed by atoms with Gasteiger partial charge in [0.05, 0.1) is 18.8 Å². The second-order valence-electron chi connectivity index (χ2n) is 8.17. The minimum atomic E-state index is -0.116. The van der Waals surface area contributed by atoms with Crippen molar-refractivity contribution in [2.45, 2.75) is 51.5 Å². The van der Waals surface area contributed by atoms with E-state index in [0.29, 0.717) is 5.69 Å². The lowest BCUT2D eigenvalue weighted by Crippen LogP contribution is -2.30. The number of carbonyl (C=O) groups is 1. The van der Waals surface area contributed by atoms with Gasteiger partial charge in [-0.25, -0.2) is 0 Å². The van der Waals surface area contributed by atoms with Crippen LogP contribution < -0.4 is 4.74 Å². The average Bonchev–Trinajstić information content (AvgIpc) is 3.36. The lowest BCUT2D eigenvalue weighted by Gasteiger charge is -2.26. The van der Waals surface area contributed by atoms with Crippen LogP contribution in [0.4, 0.5) is 0 Å². The fraction of sp³-hybridized carbons (Fsp3) is 0.385. The number of methoxy groups -OCH3 is 1. The molecular weight excluding hydrogens is 386 g/mol. The summed E-state index contributed by atoms with van der Waals surface area (Å²) in [5.74, 6) is 0.848. The van der Waals surface area contributed by atoms with Crippen LogP contribution in [0, 0.1) is 0 Å². The predicted octanol–water partition coefficient (Wildman–Crippen LogP) is 5.99. The largest absolute Gasteiger partial charge is 0.497 e. The van der Waals surface area contributed by atoms with E-state index in [0.717, 1.165) is 47.5 Å². The van der Waals surface area contributed by atoms with Crippen LogP contribution in [0.15, 0.2) is 54.6 Å². The molecule has 1 aliphatic heterocycles. The summed E-state index contributed by atoms with van der Waals surface area (Å²) in [4.78, 5) is 15.3. The van der Waals surface area contributed by atoms with Crippen molar-refractivity contribution in [3.8, 4) is 17.0 Å². The molecule has 0 aliphatic carbocycles. The monoisotopic (exact) mass is 417 g/mol. The van der Waals surface area contributed by atoms with Crippen LogP contribution in [-0.2, 0) is 0 Å². The average molecular weight is 418 g/mol. The molecule has 1 aliphatic rings. The molecule has 1 atom stereocenters. The summed E-state index contributed by atoms with van der Waals surface area (Å²) in [7, 11) is 1.66. The van der Waals surface area contributed by atoms with E-state index in [9.17, 15) is 4.79 Å². The van der Waals surface area contributed by atoms with Crippen LogP contribution in [0.5, 0.6) is 5.75 Å². The van der Waals surface area contributed by atoms with Crippen molar-refractivity contribution in [1.29, 1.82) is 0 Å². The lowest BCUT2D eigenvalue weighted by atomic mass is 9.96. The zero-order valence-electron chi connectivity index (χ0n) is 18.4. The molecule has 162 valence electrons. The first-order chi connectivity index (χ1) is 15.2. The van der Waals surface area contributed by atoms with Gasteiger partial charge in [0.25, 0.3) is 5.91 Å². The fourth-order valence-corrected chi connectivity index (χ4v) is 4.44. The summed E-state index contributed by atoms with van der Waals surface area (Å²) >= 11 is 0. The van der Waals surface area contributed by atoms with Crippen LogP contribution in [-0.4, -0.2) is 34.7 Å². The van der Waals surface area contributed by atoms with E-state index in [1.165, 1.54) is 25.7 Å². The van der Waals surface area contributed by atoms with E-state index in [1.807, 2.05) is 47.4 Å². The van der Waals surface area contributed by atoms with Crippen LogP contribution in [0.1, 0.15) is 73.1 Å². The van der Waals surface area contributed by atoms with Gasteiger partial charge in [0.1, 0.15) is 11.4 Å². The number of hydrogen-bond acceptors (Lipinski definition) is 3. The summed E-state index contributed by atoms with van der Waals surface area (Å²) in [6, 6.07) is 18.0. The number of nitrogens with zero attached hydrogens (tertiary/aromatic N) is 2. The molecule has 0 radical (unpaired) electrons. The molecule has 0 bridgehead atoms. The summed E-state index contributed by atoms with van der Waals surface area (Å²) in [5, 5.41) is 7.58. The van der Waals surface area contributed by atoms with Crippen LogP contribution in [0.3, 0.4) is 0 Å². The van der Waals surface area contributed by atoms with Crippen molar-refractivity contribution in [3.05, 3.63) is 71.4 Å². The Kier molecular flexibility index (Phi) is 6.70. The van der Waals surface area contributed by atoms with Gasteiger partial charge in [-0.15, -0.1) is 0 Å². The van der Waals surface area contributed by atoms with E-state index in [2.05, 4.69) is 29.3 Å². The van der Waals surface area contributed by atoms with E-state index in [4.69, 9.17) is 4.74 Å². The third kappa shape index (κ3) is 4.36. The van der Waals surface area contributed by atoms with Gasteiger partial charge in [-0.05, 0) is 36.2 Å². The molecule has 5 nitrogen and oxygen atoms in total. The molecule has 0 unspecified atom stereocenters. The number of carbonyl (C=O) groups excluding carboxylic acids is 1. The van der Waals surface area contributed by atoms with Gasteiger partial charge in [-0.2, -0.15) is 5.10 Å².